The summed E-state index contributed by atoms with van der Waals surface area (Å²) in [4.78, 5) is 0. The number of hydrogen-bond acceptors (Lipinski definition) is 2. The van der Waals surface area contributed by atoms with E-state index in [-0.39, 0.29) is 4.50 Å². The van der Waals surface area contributed by atoms with Gasteiger partial charge in [0.2, 0.25) is 0 Å². The summed E-state index contributed by atoms with van der Waals surface area (Å²) in [6, 6.07) is 13.5. The van der Waals surface area contributed by atoms with E-state index < -0.39 is 33.0 Å². The van der Waals surface area contributed by atoms with Gasteiger partial charge in [-0.1, -0.05) is 0 Å². The first kappa shape index (κ1) is 22.3. The molecule has 0 aliphatic carbocycles. The molecule has 2 rings (SSSR count). The molecular weight excluding hydrogens is 433 g/mol. The van der Waals surface area contributed by atoms with Gasteiger partial charge < -0.3 is 0 Å². The van der Waals surface area contributed by atoms with Crippen molar-refractivity contribution in [2.75, 3.05) is 0 Å². The van der Waals surface area contributed by atoms with Crippen LogP contribution in [0.15, 0.2) is 48.5 Å². The van der Waals surface area contributed by atoms with Gasteiger partial charge in [-0.25, -0.2) is 0 Å². The van der Waals surface area contributed by atoms with Crippen molar-refractivity contribution >= 4 is 13.5 Å². The fourth-order valence-corrected chi connectivity index (χ4v) is 5.61. The van der Waals surface area contributed by atoms with E-state index in [0.717, 1.165) is 19.3 Å². The minimum absolute atomic E-state index is 0.255. The van der Waals surface area contributed by atoms with E-state index in [4.69, 9.17) is 0 Å². The second kappa shape index (κ2) is 12.4. The third kappa shape index (κ3) is 7.49. The Morgan fingerprint density at radius 1 is 0.778 bits per heavy atom. The maximum absolute atomic E-state index is 14.4. The summed E-state index contributed by atoms with van der Waals surface area (Å²) in [6.07, 6.45) is 9.43. The van der Waals surface area contributed by atoms with Crippen LogP contribution in [0.3, 0.4) is 0 Å². The van der Waals surface area contributed by atoms with Gasteiger partial charge in [0.15, 0.2) is 0 Å². The van der Waals surface area contributed by atoms with E-state index in [1.165, 1.54) is 38.2 Å². The zero-order valence-corrected chi connectivity index (χ0v) is 17.9. The number of rotatable bonds is 12. The molecule has 2 nitrogen and oxygen atoms in total. The molecule has 0 radical (unpaired) electrons. The zero-order valence-electron chi connectivity index (χ0n) is 15.8. The van der Waals surface area contributed by atoms with Gasteiger partial charge in [-0.3, -0.25) is 0 Å². The summed E-state index contributed by atoms with van der Waals surface area (Å²) in [5.74, 6) is -0.509. The Bertz CT molecular complexity index is 747. The molecule has 2 aromatic carbocycles. The van der Waals surface area contributed by atoms with Gasteiger partial charge in [0.25, 0.3) is 0 Å². The Hall–Kier alpha value is -1.02. The molecule has 27 heavy (non-hydrogen) atoms. The Balaban J connectivity index is 1.82. The van der Waals surface area contributed by atoms with Crippen LogP contribution >= 0.6 is 0 Å². The monoisotopic (exact) mass is 462 g/mol. The Labute approximate surface area is 170 Å². The van der Waals surface area contributed by atoms with Crippen LogP contribution in [-0.2, 0) is 34.9 Å². The molecule has 0 spiro atoms. The van der Waals surface area contributed by atoms with E-state index in [1.807, 2.05) is 18.2 Å². The van der Waals surface area contributed by atoms with E-state index in [2.05, 4.69) is 6.92 Å². The van der Waals surface area contributed by atoms with E-state index >= 15 is 0 Å². The van der Waals surface area contributed by atoms with Crippen LogP contribution in [0.2, 0.25) is 5.36 Å². The molecule has 0 bridgehead atoms. The molecule has 2 aromatic rings. The predicted molar refractivity (Wildman–Crippen MR) is 101 cm³/mol. The summed E-state index contributed by atoms with van der Waals surface area (Å²) in [5, 5.41) is 0.517. The first-order valence-electron chi connectivity index (χ1n) is 9.55. The van der Waals surface area contributed by atoms with Gasteiger partial charge in [0, 0.05) is 0 Å². The molecule has 0 amide bonds. The number of halogens is 1. The van der Waals surface area contributed by atoms with Crippen LogP contribution in [0.5, 0.6) is 0 Å². The van der Waals surface area contributed by atoms with E-state index in [9.17, 15) is 12.1 Å². The first-order valence-corrected chi connectivity index (χ1v) is 12.7. The van der Waals surface area contributed by atoms with Gasteiger partial charge in [-0.2, -0.15) is 0 Å². The molecule has 0 N–H and O–H groups in total. The molecule has 5 heteroatoms. The summed E-state index contributed by atoms with van der Waals surface area (Å²) < 4.78 is 40.7. The predicted octanol–water partition coefficient (Wildman–Crippen LogP) is 4.89. The van der Waals surface area contributed by atoms with E-state index in [1.54, 1.807) is 24.3 Å². The molecule has 0 atom stereocenters. The average Bonchev–Trinajstić information content (AvgIpc) is 2.69. The fraction of sp³-hybridized carbons (Fsp3) is 0.455. The third-order valence-corrected chi connectivity index (χ3v) is 7.89. The topological polar surface area (TPSA) is 34.1 Å². The van der Waals surface area contributed by atoms with Gasteiger partial charge in [0.05, 0.1) is 0 Å². The number of benzene rings is 2. The third-order valence-electron chi connectivity index (χ3n) is 4.24. The van der Waals surface area contributed by atoms with Crippen LogP contribution < -0.4 is 13.5 Å². The summed E-state index contributed by atoms with van der Waals surface area (Å²) in [5.41, 5.74) is 0. The van der Waals surface area contributed by atoms with Crippen molar-refractivity contribution in [3.05, 3.63) is 54.3 Å². The molecule has 0 fully saturated rings. The van der Waals surface area contributed by atoms with Gasteiger partial charge >= 0.3 is 171 Å². The SMILES string of the molecule is CCCCCCCCC[CH2][Co](=[O])[c]1cc[c]([Co](=[O])[c]2ccccc2)cc1F. The van der Waals surface area contributed by atoms with Gasteiger partial charge in [-0.15, -0.1) is 0 Å². The molecule has 0 saturated carbocycles. The first-order chi connectivity index (χ1) is 13.1. The van der Waals surface area contributed by atoms with Crippen molar-refractivity contribution in [2.45, 2.75) is 63.6 Å². The van der Waals surface area contributed by atoms with Crippen molar-refractivity contribution < 1.29 is 39.3 Å². The maximum atomic E-state index is 14.4. The van der Waals surface area contributed by atoms with Crippen LogP contribution in [-0.4, -0.2) is 0 Å². The second-order valence-electron chi connectivity index (χ2n) is 6.42. The summed E-state index contributed by atoms with van der Waals surface area (Å²) in [7, 11) is 0. The second-order valence-corrected chi connectivity index (χ2v) is 10.3. The Kier molecular flexibility index (Phi) is 10.3. The normalized spacial score (nSPS) is 12.1. The molecule has 0 aliphatic heterocycles. The van der Waals surface area contributed by atoms with Crippen LogP contribution in [0.1, 0.15) is 58.3 Å². The standard InChI is InChI=1S/C10H21.C6H3F.C6H5.2Co.2O/c1-3-5-7-9-10-8-6-4-2;7-6-4-2-1-3-5-6;1-2-4-6-5-3-1;;;;/h1,3-10H2,2H3;1-2,5H;1-5H;;;;. The van der Waals surface area contributed by atoms with Gasteiger partial charge in [-0.05, 0) is 0 Å². The Morgan fingerprint density at radius 2 is 1.41 bits per heavy atom. The van der Waals surface area contributed by atoms with Crippen molar-refractivity contribution in [1.29, 1.82) is 0 Å². The van der Waals surface area contributed by atoms with Crippen molar-refractivity contribution in [2.24, 2.45) is 0 Å². The van der Waals surface area contributed by atoms with Crippen molar-refractivity contribution in [3.63, 3.8) is 0 Å². The van der Waals surface area contributed by atoms with Crippen molar-refractivity contribution in [3.8, 4) is 0 Å². The van der Waals surface area contributed by atoms with Crippen LogP contribution in [0.4, 0.5) is 4.39 Å². The fourth-order valence-electron chi connectivity index (χ4n) is 2.73. The minimum atomic E-state index is -1.80. The van der Waals surface area contributed by atoms with Gasteiger partial charge in [0.1, 0.15) is 0 Å². The number of unbranched alkanes of at least 4 members (excludes halogenated alkanes) is 7. The van der Waals surface area contributed by atoms with Crippen LogP contribution in [0, 0.1) is 5.82 Å². The van der Waals surface area contributed by atoms with E-state index in [0.29, 0.717) is 14.4 Å². The Morgan fingerprint density at radius 3 is 2.04 bits per heavy atom. The summed E-state index contributed by atoms with van der Waals surface area (Å²) in [6.45, 7) is 2.21. The number of hydrogen-bond donors (Lipinski definition) is 0. The average molecular weight is 462 g/mol. The van der Waals surface area contributed by atoms with Crippen molar-refractivity contribution in [1.82, 2.24) is 0 Å². The molecule has 154 valence electrons. The molecule has 0 saturated heterocycles. The summed E-state index contributed by atoms with van der Waals surface area (Å²) >= 11 is -3.51. The van der Waals surface area contributed by atoms with Crippen LogP contribution in [0.25, 0.3) is 0 Å². The quantitative estimate of drug-likeness (QED) is 0.421. The zero-order chi connectivity index (χ0) is 19.5. The molecule has 0 aliphatic rings. The molecule has 0 heterocycles. The molecule has 0 unspecified atom stereocenters. The molecular formula is C22H29Co2FO2. The molecule has 0 aromatic heterocycles.